The van der Waals surface area contributed by atoms with Crippen molar-refractivity contribution in [1.82, 2.24) is 4.90 Å². The molecule has 2 aromatic rings. The van der Waals surface area contributed by atoms with Crippen molar-refractivity contribution in [1.29, 1.82) is 0 Å². The van der Waals surface area contributed by atoms with Crippen LogP contribution in [0.4, 0.5) is 0 Å². The summed E-state index contributed by atoms with van der Waals surface area (Å²) in [5.74, 6) is -0.193. The topological polar surface area (TPSA) is 37.4 Å². The third-order valence-corrected chi connectivity index (χ3v) is 4.33. The Morgan fingerprint density at radius 2 is 1.58 bits per heavy atom. The van der Waals surface area contributed by atoms with Crippen molar-refractivity contribution in [2.75, 3.05) is 0 Å². The second-order valence-electron chi connectivity index (χ2n) is 4.29. The van der Waals surface area contributed by atoms with E-state index in [2.05, 4.69) is 0 Å². The fraction of sp³-hybridized carbons (Fsp3) is 0.286. The van der Waals surface area contributed by atoms with Crippen LogP contribution in [0.2, 0.25) is 0 Å². The number of hydrogen-bond acceptors (Lipinski definition) is 4. The first-order chi connectivity index (χ1) is 9.15. The molecule has 0 fully saturated rings. The van der Waals surface area contributed by atoms with E-state index in [4.69, 9.17) is 0 Å². The Morgan fingerprint density at radius 3 is 1.95 bits per heavy atom. The number of ketones is 1. The summed E-state index contributed by atoms with van der Waals surface area (Å²) in [6.45, 7) is 2.59. The first-order valence-electron chi connectivity index (χ1n) is 5.97. The number of nitrogens with zero attached hydrogens (tertiary/aromatic N) is 1. The highest BCUT2D eigenvalue weighted by Crippen LogP contribution is 2.17. The minimum absolute atomic E-state index is 0.0171. The smallest absolute Gasteiger partial charge is 0.230 e. The van der Waals surface area contributed by atoms with Crippen molar-refractivity contribution in [3.8, 4) is 0 Å². The molecule has 100 valence electrons. The van der Waals surface area contributed by atoms with Gasteiger partial charge in [-0.25, -0.2) is 0 Å². The maximum absolute atomic E-state index is 12.1. The predicted octanol–water partition coefficient (Wildman–Crippen LogP) is 3.32. The van der Waals surface area contributed by atoms with Gasteiger partial charge in [0.25, 0.3) is 0 Å². The van der Waals surface area contributed by atoms with Gasteiger partial charge in [-0.3, -0.25) is 9.59 Å². The summed E-state index contributed by atoms with van der Waals surface area (Å²) >= 11 is 3.25. The van der Waals surface area contributed by atoms with Gasteiger partial charge in [0.2, 0.25) is 5.91 Å². The average molecular weight is 293 g/mol. The molecular formula is C14H15NO2S2. The minimum atomic E-state index is -0.102. The molecule has 3 nitrogen and oxygen atoms in total. The number of carbonyl (C=O) groups excluding carboxylic acids is 2. The first-order valence-corrected chi connectivity index (χ1v) is 7.73. The summed E-state index contributed by atoms with van der Waals surface area (Å²) in [5.41, 5.74) is 0. The summed E-state index contributed by atoms with van der Waals surface area (Å²) in [7, 11) is 0. The summed E-state index contributed by atoms with van der Waals surface area (Å²) < 4.78 is 0. The summed E-state index contributed by atoms with van der Waals surface area (Å²) in [6, 6.07) is 7.96. The molecule has 0 radical (unpaired) electrons. The summed E-state index contributed by atoms with van der Waals surface area (Å²) in [4.78, 5) is 27.3. The highest BCUT2D eigenvalue weighted by molar-refractivity contribution is 7.10. The van der Waals surface area contributed by atoms with Crippen LogP contribution in [0.15, 0.2) is 35.0 Å². The molecule has 0 saturated heterocycles. The Bertz CT molecular complexity index is 496. The Balaban J connectivity index is 2.08. The van der Waals surface area contributed by atoms with Crippen molar-refractivity contribution in [3.05, 3.63) is 44.8 Å². The van der Waals surface area contributed by atoms with Gasteiger partial charge >= 0.3 is 0 Å². The van der Waals surface area contributed by atoms with Crippen LogP contribution in [-0.4, -0.2) is 16.6 Å². The standard InChI is InChI=1S/C14H15NO2S2/c1-11(16)8-14(17)15(9-12-4-2-6-18-12)10-13-5-3-7-19-13/h2-7H,8-10H2,1H3. The van der Waals surface area contributed by atoms with Crippen LogP contribution < -0.4 is 0 Å². The SMILES string of the molecule is CC(=O)CC(=O)N(Cc1cccs1)Cc1cccs1. The van der Waals surface area contributed by atoms with Crippen molar-refractivity contribution >= 4 is 34.4 Å². The molecule has 0 saturated carbocycles. The van der Waals surface area contributed by atoms with Crippen LogP contribution >= 0.6 is 22.7 Å². The lowest BCUT2D eigenvalue weighted by Crippen LogP contribution is -2.30. The van der Waals surface area contributed by atoms with Crippen molar-refractivity contribution in [2.24, 2.45) is 0 Å². The fourth-order valence-corrected chi connectivity index (χ4v) is 3.18. The highest BCUT2D eigenvalue weighted by atomic mass is 32.1. The van der Waals surface area contributed by atoms with Gasteiger partial charge in [-0.05, 0) is 29.8 Å². The second kappa shape index (κ2) is 6.63. The van der Waals surface area contributed by atoms with Crippen LogP contribution in [0, 0.1) is 0 Å². The zero-order chi connectivity index (χ0) is 13.7. The van der Waals surface area contributed by atoms with Crippen molar-refractivity contribution in [2.45, 2.75) is 26.4 Å². The minimum Gasteiger partial charge on any atom is -0.332 e. The molecule has 0 N–H and O–H groups in total. The lowest BCUT2D eigenvalue weighted by molar-refractivity contribution is -0.135. The number of amides is 1. The molecule has 0 spiro atoms. The molecular weight excluding hydrogens is 278 g/mol. The van der Waals surface area contributed by atoms with E-state index in [0.29, 0.717) is 13.1 Å². The van der Waals surface area contributed by atoms with Gasteiger partial charge in [0, 0.05) is 9.75 Å². The Labute approximate surface area is 120 Å². The van der Waals surface area contributed by atoms with E-state index < -0.39 is 0 Å². The van der Waals surface area contributed by atoms with Crippen LogP contribution in [0.25, 0.3) is 0 Å². The van der Waals surface area contributed by atoms with Gasteiger partial charge in [0.05, 0.1) is 19.5 Å². The van der Waals surface area contributed by atoms with Gasteiger partial charge in [-0.15, -0.1) is 22.7 Å². The van der Waals surface area contributed by atoms with Crippen LogP contribution in [0.5, 0.6) is 0 Å². The number of hydrogen-bond donors (Lipinski definition) is 0. The molecule has 5 heteroatoms. The molecule has 1 amide bonds. The molecule has 0 unspecified atom stereocenters. The quantitative estimate of drug-likeness (QED) is 0.766. The second-order valence-corrected chi connectivity index (χ2v) is 6.35. The molecule has 19 heavy (non-hydrogen) atoms. The number of rotatable bonds is 6. The van der Waals surface area contributed by atoms with Crippen LogP contribution in [0.1, 0.15) is 23.1 Å². The van der Waals surface area contributed by atoms with Crippen LogP contribution in [-0.2, 0) is 22.7 Å². The lowest BCUT2D eigenvalue weighted by atomic mass is 10.2. The van der Waals surface area contributed by atoms with Crippen LogP contribution in [0.3, 0.4) is 0 Å². The van der Waals surface area contributed by atoms with E-state index in [-0.39, 0.29) is 18.1 Å². The maximum Gasteiger partial charge on any atom is 0.230 e. The molecule has 2 aromatic heterocycles. The predicted molar refractivity (Wildman–Crippen MR) is 78.2 cm³/mol. The van der Waals surface area contributed by atoms with Gasteiger partial charge in [-0.2, -0.15) is 0 Å². The maximum atomic E-state index is 12.1. The van der Waals surface area contributed by atoms with E-state index >= 15 is 0 Å². The molecule has 0 aliphatic heterocycles. The molecule has 0 aromatic carbocycles. The largest absolute Gasteiger partial charge is 0.332 e. The number of Topliss-reactive ketones (excluding diaryl/α,β-unsaturated/α-hetero) is 1. The number of thiophene rings is 2. The third-order valence-electron chi connectivity index (χ3n) is 2.61. The zero-order valence-corrected chi connectivity index (χ0v) is 12.3. The molecule has 2 rings (SSSR count). The van der Waals surface area contributed by atoms with Gasteiger partial charge < -0.3 is 4.90 Å². The van der Waals surface area contributed by atoms with E-state index in [1.165, 1.54) is 6.92 Å². The van der Waals surface area contributed by atoms with Gasteiger partial charge in [0.15, 0.2) is 0 Å². The first kappa shape index (κ1) is 14.0. The molecule has 0 atom stereocenters. The Kier molecular flexibility index (Phi) is 4.87. The van der Waals surface area contributed by atoms with Crippen molar-refractivity contribution in [3.63, 3.8) is 0 Å². The van der Waals surface area contributed by atoms with E-state index in [1.54, 1.807) is 27.6 Å². The van der Waals surface area contributed by atoms with E-state index in [9.17, 15) is 9.59 Å². The summed E-state index contributed by atoms with van der Waals surface area (Å²) in [6.07, 6.45) is -0.0171. The number of carbonyl (C=O) groups is 2. The van der Waals surface area contributed by atoms with Gasteiger partial charge in [0.1, 0.15) is 5.78 Å². The Hall–Kier alpha value is -1.46. The summed E-state index contributed by atoms with van der Waals surface area (Å²) in [5, 5.41) is 3.99. The van der Waals surface area contributed by atoms with Gasteiger partial charge in [-0.1, -0.05) is 12.1 Å². The normalized spacial score (nSPS) is 10.4. The zero-order valence-electron chi connectivity index (χ0n) is 10.7. The highest BCUT2D eigenvalue weighted by Gasteiger charge is 2.17. The lowest BCUT2D eigenvalue weighted by Gasteiger charge is -2.21. The molecule has 0 aliphatic carbocycles. The van der Waals surface area contributed by atoms with E-state index in [0.717, 1.165) is 9.75 Å². The molecule has 0 bridgehead atoms. The van der Waals surface area contributed by atoms with E-state index in [1.807, 2.05) is 35.0 Å². The third kappa shape index (κ3) is 4.29. The molecule has 0 aliphatic rings. The average Bonchev–Trinajstić information content (AvgIpc) is 2.99. The monoisotopic (exact) mass is 293 g/mol. The fourth-order valence-electron chi connectivity index (χ4n) is 1.74. The molecule has 2 heterocycles. The Morgan fingerprint density at radius 1 is 1.05 bits per heavy atom. The van der Waals surface area contributed by atoms with Crippen molar-refractivity contribution < 1.29 is 9.59 Å².